The third kappa shape index (κ3) is 2.01. The molecule has 3 heteroatoms. The summed E-state index contributed by atoms with van der Waals surface area (Å²) in [4.78, 5) is 4.48. The summed E-state index contributed by atoms with van der Waals surface area (Å²) in [6.45, 7) is 4.38. The quantitative estimate of drug-likeness (QED) is 0.694. The third-order valence-electron chi connectivity index (χ3n) is 3.45. The van der Waals surface area contributed by atoms with Crippen LogP contribution in [0.4, 0.5) is 0 Å². The van der Waals surface area contributed by atoms with Crippen LogP contribution in [0.5, 0.6) is 0 Å². The van der Waals surface area contributed by atoms with Crippen molar-refractivity contribution in [1.82, 2.24) is 14.8 Å². The number of benzene rings is 1. The van der Waals surface area contributed by atoms with Gasteiger partial charge < -0.3 is 0 Å². The monoisotopic (exact) mass is 251 g/mol. The van der Waals surface area contributed by atoms with Crippen LogP contribution in [0.2, 0.25) is 0 Å². The van der Waals surface area contributed by atoms with Crippen molar-refractivity contribution in [2.24, 2.45) is 7.05 Å². The van der Waals surface area contributed by atoms with Gasteiger partial charge in [-0.05, 0) is 29.7 Å². The number of hydrogen-bond acceptors (Lipinski definition) is 2. The molecule has 0 atom stereocenters. The van der Waals surface area contributed by atoms with Crippen molar-refractivity contribution in [3.05, 3.63) is 48.2 Å². The zero-order valence-electron chi connectivity index (χ0n) is 11.5. The van der Waals surface area contributed by atoms with Gasteiger partial charge in [0.1, 0.15) is 5.69 Å². The van der Waals surface area contributed by atoms with Crippen molar-refractivity contribution in [3.63, 3.8) is 0 Å². The van der Waals surface area contributed by atoms with E-state index in [1.165, 1.54) is 5.56 Å². The zero-order valence-corrected chi connectivity index (χ0v) is 11.5. The van der Waals surface area contributed by atoms with Crippen molar-refractivity contribution in [1.29, 1.82) is 0 Å². The van der Waals surface area contributed by atoms with E-state index >= 15 is 0 Å². The maximum Gasteiger partial charge on any atom is 0.119 e. The van der Waals surface area contributed by atoms with Crippen molar-refractivity contribution in [2.45, 2.75) is 19.8 Å². The summed E-state index contributed by atoms with van der Waals surface area (Å²) in [6.07, 6.45) is 1.87. The van der Waals surface area contributed by atoms with Crippen molar-refractivity contribution >= 4 is 10.9 Å². The molecule has 3 rings (SSSR count). The summed E-state index contributed by atoms with van der Waals surface area (Å²) in [7, 11) is 1.97. The highest BCUT2D eigenvalue weighted by Crippen LogP contribution is 2.27. The Labute approximate surface area is 112 Å². The largest absolute Gasteiger partial charge is 0.267 e. The minimum atomic E-state index is 0.497. The second-order valence-corrected chi connectivity index (χ2v) is 5.12. The highest BCUT2D eigenvalue weighted by Gasteiger charge is 2.12. The molecular weight excluding hydrogens is 234 g/mol. The number of pyridine rings is 1. The molecule has 96 valence electrons. The molecule has 0 radical (unpaired) electrons. The Morgan fingerprint density at radius 2 is 1.89 bits per heavy atom. The molecule has 0 unspecified atom stereocenters. The first-order valence-corrected chi connectivity index (χ1v) is 6.55. The lowest BCUT2D eigenvalue weighted by Gasteiger charge is -2.06. The number of aryl methyl sites for hydroxylation is 1. The van der Waals surface area contributed by atoms with Crippen LogP contribution in [0.1, 0.15) is 25.3 Å². The molecule has 3 nitrogen and oxygen atoms in total. The number of aromatic nitrogens is 3. The molecule has 2 heterocycles. The van der Waals surface area contributed by atoms with Crippen molar-refractivity contribution in [2.75, 3.05) is 0 Å². The van der Waals surface area contributed by atoms with Gasteiger partial charge in [0.05, 0.1) is 11.2 Å². The van der Waals surface area contributed by atoms with Gasteiger partial charge in [0, 0.05) is 18.6 Å². The Bertz CT molecular complexity index is 726. The van der Waals surface area contributed by atoms with E-state index in [4.69, 9.17) is 0 Å². The minimum Gasteiger partial charge on any atom is -0.267 e. The van der Waals surface area contributed by atoms with Gasteiger partial charge in [-0.25, -0.2) is 0 Å². The Kier molecular flexibility index (Phi) is 2.82. The molecule has 0 amide bonds. The Morgan fingerprint density at radius 1 is 1.11 bits per heavy atom. The Balaban J connectivity index is 2.22. The Hall–Kier alpha value is -2.16. The summed E-state index contributed by atoms with van der Waals surface area (Å²) < 4.78 is 1.91. The lowest BCUT2D eigenvalue weighted by molar-refractivity contribution is 0.798. The van der Waals surface area contributed by atoms with Gasteiger partial charge in [0.15, 0.2) is 0 Å². The summed E-state index contributed by atoms with van der Waals surface area (Å²) in [5, 5.41) is 5.77. The molecule has 0 aliphatic carbocycles. The molecule has 3 aromatic rings. The fourth-order valence-electron chi connectivity index (χ4n) is 2.34. The molecule has 1 aromatic carbocycles. The fourth-order valence-corrected chi connectivity index (χ4v) is 2.34. The molecule has 0 fully saturated rings. The van der Waals surface area contributed by atoms with Gasteiger partial charge in [-0.15, -0.1) is 0 Å². The average molecular weight is 251 g/mol. The van der Waals surface area contributed by atoms with Gasteiger partial charge in [-0.2, -0.15) is 5.10 Å². The van der Waals surface area contributed by atoms with Crippen LogP contribution in [-0.2, 0) is 7.05 Å². The first-order valence-electron chi connectivity index (χ1n) is 6.55. The number of hydrogen-bond donors (Lipinski definition) is 0. The first kappa shape index (κ1) is 11.9. The van der Waals surface area contributed by atoms with E-state index in [-0.39, 0.29) is 0 Å². The first-order chi connectivity index (χ1) is 9.16. The van der Waals surface area contributed by atoms with E-state index in [1.54, 1.807) is 0 Å². The molecule has 0 saturated heterocycles. The molecule has 0 aliphatic rings. The van der Waals surface area contributed by atoms with Crippen LogP contribution in [0.3, 0.4) is 0 Å². The van der Waals surface area contributed by atoms with Gasteiger partial charge in [-0.3, -0.25) is 9.67 Å². The van der Waals surface area contributed by atoms with Gasteiger partial charge in [0.2, 0.25) is 0 Å². The SMILES string of the molecule is CC(C)c1ccnc(-c2nn(C)c3ccccc23)c1. The van der Waals surface area contributed by atoms with Crippen molar-refractivity contribution < 1.29 is 0 Å². The number of para-hydroxylation sites is 1. The van der Waals surface area contributed by atoms with Gasteiger partial charge >= 0.3 is 0 Å². The van der Waals surface area contributed by atoms with E-state index in [9.17, 15) is 0 Å². The van der Waals surface area contributed by atoms with Crippen LogP contribution >= 0.6 is 0 Å². The minimum absolute atomic E-state index is 0.497. The van der Waals surface area contributed by atoms with Gasteiger partial charge in [0.25, 0.3) is 0 Å². The topological polar surface area (TPSA) is 30.7 Å². The fraction of sp³-hybridized carbons (Fsp3) is 0.250. The molecule has 0 bridgehead atoms. The van der Waals surface area contributed by atoms with Crippen LogP contribution in [-0.4, -0.2) is 14.8 Å². The molecule has 0 spiro atoms. The number of fused-ring (bicyclic) bond motifs is 1. The lowest BCUT2D eigenvalue weighted by Crippen LogP contribution is -1.93. The van der Waals surface area contributed by atoms with Crippen LogP contribution < -0.4 is 0 Å². The maximum absolute atomic E-state index is 4.61. The standard InChI is InChI=1S/C16H17N3/c1-11(2)12-8-9-17-14(10-12)16-13-6-4-5-7-15(13)19(3)18-16/h4-11H,1-3H3. The predicted molar refractivity (Wildman–Crippen MR) is 78.0 cm³/mol. The molecule has 0 N–H and O–H groups in total. The molecule has 0 saturated carbocycles. The summed E-state index contributed by atoms with van der Waals surface area (Å²) in [5.41, 5.74) is 4.33. The second-order valence-electron chi connectivity index (χ2n) is 5.12. The van der Waals surface area contributed by atoms with Gasteiger partial charge in [-0.1, -0.05) is 32.0 Å². The van der Waals surface area contributed by atoms with E-state index in [2.05, 4.69) is 48.2 Å². The molecule has 2 aromatic heterocycles. The third-order valence-corrected chi connectivity index (χ3v) is 3.45. The molecular formula is C16H17N3. The summed E-state index contributed by atoms with van der Waals surface area (Å²) >= 11 is 0. The van der Waals surface area contributed by atoms with E-state index in [0.717, 1.165) is 22.3 Å². The number of nitrogens with zero attached hydrogens (tertiary/aromatic N) is 3. The lowest BCUT2D eigenvalue weighted by atomic mass is 10.0. The van der Waals surface area contributed by atoms with Crippen LogP contribution in [0, 0.1) is 0 Å². The van der Waals surface area contributed by atoms with Crippen LogP contribution in [0.15, 0.2) is 42.6 Å². The van der Waals surface area contributed by atoms with E-state index in [1.807, 2.05) is 30.1 Å². The number of rotatable bonds is 2. The van der Waals surface area contributed by atoms with E-state index in [0.29, 0.717) is 5.92 Å². The van der Waals surface area contributed by atoms with Crippen LogP contribution in [0.25, 0.3) is 22.3 Å². The highest BCUT2D eigenvalue weighted by atomic mass is 15.3. The normalized spacial score (nSPS) is 11.4. The second kappa shape index (κ2) is 4.50. The van der Waals surface area contributed by atoms with Crippen molar-refractivity contribution in [3.8, 4) is 11.4 Å². The summed E-state index contributed by atoms with van der Waals surface area (Å²) in [6, 6.07) is 12.5. The average Bonchev–Trinajstić information content (AvgIpc) is 2.77. The van der Waals surface area contributed by atoms with E-state index < -0.39 is 0 Å². The smallest absolute Gasteiger partial charge is 0.119 e. The highest BCUT2D eigenvalue weighted by molar-refractivity contribution is 5.92. The molecule has 19 heavy (non-hydrogen) atoms. The molecule has 0 aliphatic heterocycles. The predicted octanol–water partition coefficient (Wildman–Crippen LogP) is 3.76. The Morgan fingerprint density at radius 3 is 2.68 bits per heavy atom. The maximum atomic E-state index is 4.61. The zero-order chi connectivity index (χ0) is 13.4. The summed E-state index contributed by atoms with van der Waals surface area (Å²) in [5.74, 6) is 0.497.